The zero-order valence-corrected chi connectivity index (χ0v) is 15.3. The average molecular weight is 301 g/mol. The van der Waals surface area contributed by atoms with Gasteiger partial charge in [-0.15, -0.1) is 0 Å². The number of hydrogen-bond donors (Lipinski definition) is 4. The Bertz CT molecular complexity index is 84.1. The van der Waals surface area contributed by atoms with Gasteiger partial charge in [-0.05, 0) is 25.7 Å². The minimum atomic E-state index is 0. The second kappa shape index (κ2) is 42.8. The molecule has 0 saturated heterocycles. The lowest BCUT2D eigenvalue weighted by atomic mass is 10.3. The van der Waals surface area contributed by atoms with E-state index in [1.165, 1.54) is 51.4 Å². The molecule has 0 aromatic rings. The monoisotopic (exact) mass is 300 g/mol. The summed E-state index contributed by atoms with van der Waals surface area (Å²) in [5, 5.41) is 0. The fourth-order valence-corrected chi connectivity index (χ4v) is 1.000. The highest BCUT2D eigenvalue weighted by molar-refractivity contribution is 4.23. The first-order chi connectivity index (χ1) is 9.66. The summed E-state index contributed by atoms with van der Waals surface area (Å²) in [6.07, 6.45) is 10.2. The first-order valence-electron chi connectivity index (χ1n) is 8.83. The standard InChI is InChI=1S/4C4H11N.4H/c4*1-2-3-4-5;;;;/h4*2-5H2,1H3;;;;/q;;;;4*-1/p+4. The van der Waals surface area contributed by atoms with Crippen LogP contribution in [-0.2, 0) is 0 Å². The van der Waals surface area contributed by atoms with Gasteiger partial charge in [0.05, 0.1) is 26.2 Å². The Kier molecular flexibility index (Phi) is 60.0. The first-order valence-corrected chi connectivity index (χ1v) is 8.83. The molecule has 0 heterocycles. The molecule has 0 atom stereocenters. The Morgan fingerprint density at radius 2 is 0.600 bits per heavy atom. The lowest BCUT2D eigenvalue weighted by Gasteiger charge is -1.77. The summed E-state index contributed by atoms with van der Waals surface area (Å²) in [6.45, 7) is 13.1. The average Bonchev–Trinajstić information content (AvgIpc) is 2.44. The van der Waals surface area contributed by atoms with Crippen LogP contribution in [0.25, 0.3) is 0 Å². The van der Waals surface area contributed by atoms with Gasteiger partial charge in [0, 0.05) is 0 Å². The molecule has 0 aliphatic heterocycles. The molecule has 136 valence electrons. The van der Waals surface area contributed by atoms with E-state index >= 15 is 0 Å². The van der Waals surface area contributed by atoms with Gasteiger partial charge in [0.1, 0.15) is 0 Å². The molecule has 0 rings (SSSR count). The predicted molar refractivity (Wildman–Crippen MR) is 95.1 cm³/mol. The predicted octanol–water partition coefficient (Wildman–Crippen LogP) is 0.564. The van der Waals surface area contributed by atoms with Crippen molar-refractivity contribution < 1.29 is 28.6 Å². The topological polar surface area (TPSA) is 111 Å². The molecule has 0 radical (unpaired) electrons. The number of unbranched alkanes of at least 4 members (excludes halogenated alkanes) is 4. The third kappa shape index (κ3) is 82.3. The van der Waals surface area contributed by atoms with Crippen LogP contribution in [0.15, 0.2) is 0 Å². The Balaban J connectivity index is -0.0000000225. The number of hydrogen-bond acceptors (Lipinski definition) is 0. The Labute approximate surface area is 135 Å². The van der Waals surface area contributed by atoms with Gasteiger partial charge in [0.15, 0.2) is 0 Å². The molecule has 0 aliphatic carbocycles. The van der Waals surface area contributed by atoms with Crippen LogP contribution in [0.4, 0.5) is 0 Å². The lowest BCUT2D eigenvalue weighted by Crippen LogP contribution is -2.49. The highest BCUT2D eigenvalue weighted by Crippen LogP contribution is 1.77. The van der Waals surface area contributed by atoms with Gasteiger partial charge in [-0.1, -0.05) is 53.4 Å². The molecule has 4 nitrogen and oxygen atoms in total. The SMILES string of the molecule is CCCC[NH3+].CCCC[NH3+].CCCC[NH3+].CCCC[NH3+].[H-].[H-].[H-].[H-]. The molecule has 0 spiro atoms. The summed E-state index contributed by atoms with van der Waals surface area (Å²) in [6, 6.07) is 0. The third-order valence-corrected chi connectivity index (χ3v) is 2.41. The van der Waals surface area contributed by atoms with Crippen molar-refractivity contribution in [1.29, 1.82) is 0 Å². The van der Waals surface area contributed by atoms with Gasteiger partial charge in [-0.25, -0.2) is 0 Å². The molecule has 0 fully saturated rings. The molecule has 12 N–H and O–H groups in total. The summed E-state index contributed by atoms with van der Waals surface area (Å²) >= 11 is 0. The first kappa shape index (κ1) is 28.1. The molecular weight excluding hydrogens is 248 g/mol. The second-order valence-electron chi connectivity index (χ2n) is 4.83. The van der Waals surface area contributed by atoms with Crippen LogP contribution in [0.5, 0.6) is 0 Å². The van der Waals surface area contributed by atoms with Crippen LogP contribution in [0, 0.1) is 0 Å². The lowest BCUT2D eigenvalue weighted by molar-refractivity contribution is -0.368. The van der Waals surface area contributed by atoms with Crippen molar-refractivity contribution in [1.82, 2.24) is 0 Å². The van der Waals surface area contributed by atoms with Crippen molar-refractivity contribution in [3.63, 3.8) is 0 Å². The van der Waals surface area contributed by atoms with E-state index in [4.69, 9.17) is 0 Å². The molecule has 20 heavy (non-hydrogen) atoms. The van der Waals surface area contributed by atoms with E-state index < -0.39 is 0 Å². The second-order valence-corrected chi connectivity index (χ2v) is 4.83. The van der Waals surface area contributed by atoms with E-state index in [-0.39, 0.29) is 5.71 Å². The van der Waals surface area contributed by atoms with Gasteiger partial charge in [0.2, 0.25) is 0 Å². The molecule has 0 amide bonds. The van der Waals surface area contributed by atoms with Gasteiger partial charge in [0.25, 0.3) is 0 Å². The van der Waals surface area contributed by atoms with E-state index in [9.17, 15) is 0 Å². The number of quaternary nitrogens is 4. The van der Waals surface area contributed by atoms with Crippen molar-refractivity contribution >= 4 is 0 Å². The van der Waals surface area contributed by atoms with Crippen LogP contribution in [0.1, 0.15) is 84.8 Å². The van der Waals surface area contributed by atoms with E-state index in [0.717, 1.165) is 26.2 Å². The molecule has 0 bridgehead atoms. The van der Waals surface area contributed by atoms with Crippen LogP contribution < -0.4 is 22.9 Å². The Hall–Kier alpha value is -0.160. The van der Waals surface area contributed by atoms with Crippen molar-refractivity contribution in [2.45, 2.75) is 79.1 Å². The maximum Gasteiger partial charge on any atom is 0.0739 e. The molecule has 4 heteroatoms. The van der Waals surface area contributed by atoms with E-state index in [1.807, 2.05) is 0 Å². The minimum absolute atomic E-state index is 0. The van der Waals surface area contributed by atoms with Crippen molar-refractivity contribution in [3.8, 4) is 0 Å². The number of rotatable bonds is 8. The molecule has 0 aliphatic rings. The van der Waals surface area contributed by atoms with E-state index in [0.29, 0.717) is 0 Å². The summed E-state index contributed by atoms with van der Waals surface area (Å²) in [5.74, 6) is 0. The fraction of sp³-hybridized carbons (Fsp3) is 1.00. The third-order valence-electron chi connectivity index (χ3n) is 2.41. The molecule has 0 aromatic carbocycles. The maximum absolute atomic E-state index is 3.68. The van der Waals surface area contributed by atoms with Gasteiger partial charge >= 0.3 is 0 Å². The molecule has 0 saturated carbocycles. The largest absolute Gasteiger partial charge is 1.00 e. The van der Waals surface area contributed by atoms with Gasteiger partial charge in [-0.2, -0.15) is 0 Å². The van der Waals surface area contributed by atoms with Gasteiger partial charge < -0.3 is 28.6 Å². The van der Waals surface area contributed by atoms with Crippen molar-refractivity contribution in [3.05, 3.63) is 0 Å². The van der Waals surface area contributed by atoms with Crippen molar-refractivity contribution in [2.75, 3.05) is 26.2 Å². The minimum Gasteiger partial charge on any atom is -1.00 e. The van der Waals surface area contributed by atoms with Gasteiger partial charge in [-0.3, -0.25) is 0 Å². The van der Waals surface area contributed by atoms with E-state index in [1.54, 1.807) is 0 Å². The quantitative estimate of drug-likeness (QED) is 0.502. The van der Waals surface area contributed by atoms with Crippen LogP contribution in [-0.4, -0.2) is 26.2 Å². The maximum atomic E-state index is 3.68. The summed E-state index contributed by atoms with van der Waals surface area (Å²) in [4.78, 5) is 0. The molecular formula is C16H52N4. The molecule has 0 aromatic heterocycles. The highest BCUT2D eigenvalue weighted by Gasteiger charge is 1.72. The Morgan fingerprint density at radius 1 is 0.450 bits per heavy atom. The summed E-state index contributed by atoms with van der Waals surface area (Å²) in [5.41, 5.74) is 14.7. The normalized spacial score (nSPS) is 8.40. The smallest absolute Gasteiger partial charge is 0.0739 e. The zero-order valence-electron chi connectivity index (χ0n) is 19.3. The van der Waals surface area contributed by atoms with E-state index in [2.05, 4.69) is 50.6 Å². The van der Waals surface area contributed by atoms with Crippen LogP contribution >= 0.6 is 0 Å². The summed E-state index contributed by atoms with van der Waals surface area (Å²) in [7, 11) is 0. The molecule has 0 unspecified atom stereocenters. The zero-order chi connectivity index (χ0) is 16.5. The fourth-order valence-electron chi connectivity index (χ4n) is 1.000. The van der Waals surface area contributed by atoms with Crippen LogP contribution in [0.2, 0.25) is 0 Å². The highest BCUT2D eigenvalue weighted by atomic mass is 14.5. The summed E-state index contributed by atoms with van der Waals surface area (Å²) < 4.78 is 0. The van der Waals surface area contributed by atoms with Crippen LogP contribution in [0.3, 0.4) is 0 Å². The Morgan fingerprint density at radius 3 is 0.600 bits per heavy atom. The van der Waals surface area contributed by atoms with Crippen molar-refractivity contribution in [2.24, 2.45) is 0 Å².